The van der Waals surface area contributed by atoms with Crippen LogP contribution in [0.4, 0.5) is 5.69 Å². The van der Waals surface area contributed by atoms with Gasteiger partial charge in [0.2, 0.25) is 5.91 Å². The van der Waals surface area contributed by atoms with Crippen molar-refractivity contribution >= 4 is 23.3 Å². The number of carbonyl (C=O) groups is 2. The number of rotatable bonds is 4. The summed E-state index contributed by atoms with van der Waals surface area (Å²) >= 11 is 0. The molecule has 1 saturated heterocycles. The lowest BCUT2D eigenvalue weighted by Gasteiger charge is -2.37. The molecule has 2 amide bonds. The highest BCUT2D eigenvalue weighted by atomic mass is 16.5. The van der Waals surface area contributed by atoms with Crippen LogP contribution in [0.3, 0.4) is 0 Å². The van der Waals surface area contributed by atoms with Crippen molar-refractivity contribution in [2.75, 3.05) is 24.5 Å². The van der Waals surface area contributed by atoms with Crippen molar-refractivity contribution < 1.29 is 14.3 Å². The zero-order chi connectivity index (χ0) is 22.9. The number of benzene rings is 1. The molecule has 0 saturated carbocycles. The highest BCUT2D eigenvalue weighted by Gasteiger charge is 2.36. The maximum atomic E-state index is 13.4. The van der Waals surface area contributed by atoms with Gasteiger partial charge in [-0.1, -0.05) is 12.1 Å². The molecule has 4 heterocycles. The van der Waals surface area contributed by atoms with E-state index in [1.165, 1.54) is 6.33 Å². The molecule has 0 unspecified atom stereocenters. The minimum absolute atomic E-state index is 0.0328. The van der Waals surface area contributed by atoms with Gasteiger partial charge in [-0.05, 0) is 57.2 Å². The van der Waals surface area contributed by atoms with E-state index in [4.69, 9.17) is 4.74 Å². The third-order valence-corrected chi connectivity index (χ3v) is 6.60. The monoisotopic (exact) mass is 448 g/mol. The van der Waals surface area contributed by atoms with E-state index in [-0.39, 0.29) is 18.4 Å². The van der Waals surface area contributed by atoms with Gasteiger partial charge in [-0.2, -0.15) is 10.1 Å². The van der Waals surface area contributed by atoms with E-state index in [0.717, 1.165) is 49.3 Å². The number of aromatic nitrogens is 4. The number of nitrogens with zero attached hydrogens (tertiary/aromatic N) is 6. The Bertz CT molecular complexity index is 1200. The van der Waals surface area contributed by atoms with Crippen molar-refractivity contribution in [1.29, 1.82) is 0 Å². The predicted molar refractivity (Wildman–Crippen MR) is 122 cm³/mol. The number of likely N-dealkylation sites (tertiary alicyclic amines) is 1. The Kier molecular flexibility index (Phi) is 5.70. The van der Waals surface area contributed by atoms with Crippen LogP contribution in [0.5, 0.6) is 5.75 Å². The van der Waals surface area contributed by atoms with Crippen molar-refractivity contribution in [2.45, 2.75) is 52.1 Å². The molecule has 0 bridgehead atoms. The molecule has 9 nitrogen and oxygen atoms in total. The Balaban J connectivity index is 1.36. The van der Waals surface area contributed by atoms with Crippen LogP contribution in [0.15, 0.2) is 30.6 Å². The molecule has 1 atom stereocenters. The summed E-state index contributed by atoms with van der Waals surface area (Å²) in [4.78, 5) is 38.8. The summed E-state index contributed by atoms with van der Waals surface area (Å²) in [5.41, 5.74) is 3.48. The van der Waals surface area contributed by atoms with Gasteiger partial charge in [0.25, 0.3) is 11.7 Å². The average molecular weight is 449 g/mol. The van der Waals surface area contributed by atoms with Gasteiger partial charge in [0.05, 0.1) is 12.2 Å². The first kappa shape index (κ1) is 21.4. The van der Waals surface area contributed by atoms with E-state index in [2.05, 4.69) is 15.1 Å². The summed E-state index contributed by atoms with van der Waals surface area (Å²) in [5.74, 6) is 1.06. The number of anilines is 1. The third kappa shape index (κ3) is 4.03. The molecule has 9 heteroatoms. The van der Waals surface area contributed by atoms with Gasteiger partial charge < -0.3 is 14.5 Å². The number of ether oxygens (including phenoxy) is 1. The lowest BCUT2D eigenvalue weighted by atomic mass is 10.0. The topological polar surface area (TPSA) is 92.9 Å². The highest BCUT2D eigenvalue weighted by molar-refractivity contribution is 5.97. The van der Waals surface area contributed by atoms with Gasteiger partial charge in [-0.3, -0.25) is 9.59 Å². The summed E-state index contributed by atoms with van der Waals surface area (Å²) in [7, 11) is 0. The largest absolute Gasteiger partial charge is 0.476 e. The highest BCUT2D eigenvalue weighted by Crippen LogP contribution is 2.34. The van der Waals surface area contributed by atoms with Crippen LogP contribution in [0, 0.1) is 13.8 Å². The molecule has 2 aliphatic rings. The van der Waals surface area contributed by atoms with Crippen LogP contribution in [-0.2, 0) is 16.0 Å². The number of piperidine rings is 1. The fraction of sp³-hybridized carbons (Fsp3) is 0.458. The fourth-order valence-electron chi connectivity index (χ4n) is 4.80. The minimum atomic E-state index is -0.682. The van der Waals surface area contributed by atoms with E-state index in [0.29, 0.717) is 30.1 Å². The number of aryl methyl sites for hydroxylation is 2. The second-order valence-corrected chi connectivity index (χ2v) is 8.70. The fourth-order valence-corrected chi connectivity index (χ4v) is 4.80. The Morgan fingerprint density at radius 2 is 1.91 bits per heavy atom. The van der Waals surface area contributed by atoms with Crippen LogP contribution in [0.1, 0.15) is 42.6 Å². The second-order valence-electron chi connectivity index (χ2n) is 8.70. The molecule has 33 heavy (non-hydrogen) atoms. The van der Waals surface area contributed by atoms with Gasteiger partial charge in [0.1, 0.15) is 12.1 Å². The Labute approximate surface area is 192 Å². The van der Waals surface area contributed by atoms with Crippen LogP contribution in [0.25, 0.3) is 5.78 Å². The van der Waals surface area contributed by atoms with E-state index < -0.39 is 6.10 Å². The zero-order valence-corrected chi connectivity index (χ0v) is 19.0. The van der Waals surface area contributed by atoms with Crippen LogP contribution in [-0.4, -0.2) is 62.0 Å². The summed E-state index contributed by atoms with van der Waals surface area (Å²) in [6.45, 7) is 5.63. The molecular weight excluding hydrogens is 420 g/mol. The Hall–Kier alpha value is -3.49. The number of hydrogen-bond donors (Lipinski definition) is 0. The van der Waals surface area contributed by atoms with E-state index >= 15 is 0 Å². The van der Waals surface area contributed by atoms with Crippen molar-refractivity contribution in [3.8, 4) is 5.75 Å². The molecule has 1 fully saturated rings. The predicted octanol–water partition coefficient (Wildman–Crippen LogP) is 2.48. The standard InChI is InChI=1S/C24H28N6O3/c1-16-18(17(2)30-24(27-16)25-15-26-30)10-11-22(31)29-14-21(23(32)28-12-6-3-7-13-28)33-20-9-5-4-8-19(20)29/h4-5,8-9,15,21H,3,6-7,10-14H2,1-2H3/t21-/m0/s1. The molecule has 5 rings (SSSR count). The Morgan fingerprint density at radius 3 is 2.73 bits per heavy atom. The Morgan fingerprint density at radius 1 is 1.12 bits per heavy atom. The first-order chi connectivity index (χ1) is 16.0. The van der Waals surface area contributed by atoms with E-state index in [1.807, 2.05) is 43.0 Å². The third-order valence-electron chi connectivity index (χ3n) is 6.60. The zero-order valence-electron chi connectivity index (χ0n) is 19.0. The first-order valence-electron chi connectivity index (χ1n) is 11.5. The van der Waals surface area contributed by atoms with E-state index in [1.54, 1.807) is 9.42 Å². The van der Waals surface area contributed by atoms with E-state index in [9.17, 15) is 9.59 Å². The number of fused-ring (bicyclic) bond motifs is 2. The molecule has 0 aliphatic carbocycles. The summed E-state index contributed by atoms with van der Waals surface area (Å²) in [5, 5.41) is 4.23. The molecule has 1 aromatic carbocycles. The van der Waals surface area contributed by atoms with Crippen molar-refractivity contribution in [1.82, 2.24) is 24.5 Å². The summed E-state index contributed by atoms with van der Waals surface area (Å²) < 4.78 is 7.75. The molecule has 0 spiro atoms. The van der Waals surface area contributed by atoms with Gasteiger partial charge in [-0.25, -0.2) is 9.50 Å². The van der Waals surface area contributed by atoms with Gasteiger partial charge >= 0.3 is 0 Å². The van der Waals surface area contributed by atoms with Crippen molar-refractivity contribution in [2.24, 2.45) is 0 Å². The van der Waals surface area contributed by atoms with Gasteiger partial charge in [0.15, 0.2) is 6.10 Å². The molecular formula is C24H28N6O3. The van der Waals surface area contributed by atoms with Crippen molar-refractivity contribution in [3.05, 3.63) is 47.5 Å². The molecule has 2 aromatic heterocycles. The minimum Gasteiger partial charge on any atom is -0.476 e. The average Bonchev–Trinajstić information content (AvgIpc) is 3.31. The quantitative estimate of drug-likeness (QED) is 0.609. The SMILES string of the molecule is Cc1nc2ncnn2c(C)c1CCC(=O)N1C[C@@H](C(=O)N2CCCCC2)Oc2ccccc21. The van der Waals surface area contributed by atoms with Crippen LogP contribution in [0.2, 0.25) is 0 Å². The number of amides is 2. The maximum Gasteiger partial charge on any atom is 0.265 e. The smallest absolute Gasteiger partial charge is 0.265 e. The number of carbonyl (C=O) groups excluding carboxylic acids is 2. The van der Waals surface area contributed by atoms with Crippen LogP contribution >= 0.6 is 0 Å². The normalized spacial score (nSPS) is 18.2. The lowest BCUT2D eigenvalue weighted by molar-refractivity contribution is -0.139. The van der Waals surface area contributed by atoms with Crippen LogP contribution < -0.4 is 9.64 Å². The first-order valence-corrected chi connectivity index (χ1v) is 11.5. The van der Waals surface area contributed by atoms with Gasteiger partial charge in [0, 0.05) is 30.9 Å². The molecule has 2 aliphatic heterocycles. The number of hydrogen-bond acceptors (Lipinski definition) is 6. The van der Waals surface area contributed by atoms with Gasteiger partial charge in [-0.15, -0.1) is 0 Å². The number of para-hydroxylation sites is 2. The molecule has 3 aromatic rings. The summed E-state index contributed by atoms with van der Waals surface area (Å²) in [6.07, 6.45) is 4.80. The molecule has 172 valence electrons. The molecule has 0 N–H and O–H groups in total. The maximum absolute atomic E-state index is 13.4. The second kappa shape index (κ2) is 8.80. The molecule has 0 radical (unpaired) electrons. The lowest BCUT2D eigenvalue weighted by Crippen LogP contribution is -2.52. The van der Waals surface area contributed by atoms with Crippen molar-refractivity contribution in [3.63, 3.8) is 0 Å². The summed E-state index contributed by atoms with van der Waals surface area (Å²) in [6, 6.07) is 7.43.